The topological polar surface area (TPSA) is 38.3 Å². The highest BCUT2D eigenvalue weighted by Crippen LogP contribution is 2.60. The molecule has 0 unspecified atom stereocenters. The van der Waals surface area contributed by atoms with Crippen molar-refractivity contribution in [3.63, 3.8) is 0 Å². The summed E-state index contributed by atoms with van der Waals surface area (Å²) < 4.78 is 5.54. The van der Waals surface area contributed by atoms with Crippen LogP contribution in [0.4, 0.5) is 0 Å². The van der Waals surface area contributed by atoms with Gasteiger partial charge in [-0.2, -0.15) is 0 Å². The Hall–Kier alpha value is -2.29. The van der Waals surface area contributed by atoms with Crippen molar-refractivity contribution in [3.8, 4) is 5.75 Å². The summed E-state index contributed by atoms with van der Waals surface area (Å²) in [7, 11) is 1.65. The fourth-order valence-electron chi connectivity index (χ4n) is 6.74. The molecule has 3 nitrogen and oxygen atoms in total. The van der Waals surface area contributed by atoms with E-state index in [1.807, 2.05) is 24.3 Å². The van der Waals surface area contributed by atoms with Crippen LogP contribution < -0.4 is 10.1 Å². The average Bonchev–Trinajstić information content (AvgIpc) is 2.73. The van der Waals surface area contributed by atoms with Crippen molar-refractivity contribution < 1.29 is 9.53 Å². The van der Waals surface area contributed by atoms with Crippen LogP contribution in [0.25, 0.3) is 0 Å². The Morgan fingerprint density at radius 1 is 1.00 bits per heavy atom. The van der Waals surface area contributed by atoms with Crippen LogP contribution >= 0.6 is 0 Å². The summed E-state index contributed by atoms with van der Waals surface area (Å²) >= 11 is 0. The van der Waals surface area contributed by atoms with Crippen LogP contribution in [-0.4, -0.2) is 19.6 Å². The van der Waals surface area contributed by atoms with Gasteiger partial charge in [0.25, 0.3) is 5.91 Å². The van der Waals surface area contributed by atoms with Crippen molar-refractivity contribution in [2.24, 2.45) is 17.8 Å². The molecule has 4 bridgehead atoms. The number of nitrogens with one attached hydrogen (secondary N) is 1. The van der Waals surface area contributed by atoms with E-state index >= 15 is 0 Å². The number of rotatable bonds is 6. The molecule has 0 saturated heterocycles. The minimum Gasteiger partial charge on any atom is -0.496 e. The molecule has 0 aromatic heterocycles. The number of carbonyl (C=O) groups excluding carboxylic acids is 1. The van der Waals surface area contributed by atoms with Crippen molar-refractivity contribution >= 4 is 5.91 Å². The predicted molar refractivity (Wildman–Crippen MR) is 115 cm³/mol. The molecule has 2 aromatic rings. The number of benzene rings is 2. The fourth-order valence-corrected chi connectivity index (χ4v) is 6.74. The van der Waals surface area contributed by atoms with Crippen molar-refractivity contribution in [1.29, 1.82) is 0 Å². The molecule has 152 valence electrons. The third kappa shape index (κ3) is 3.56. The van der Waals surface area contributed by atoms with Gasteiger partial charge >= 0.3 is 0 Å². The lowest BCUT2D eigenvalue weighted by Crippen LogP contribution is -2.48. The SMILES string of the molecule is COc1ccc(C23CC4CC(CC(C4)C2)C3)cc1C(=O)NCCc1ccccc1. The molecule has 6 rings (SSSR count). The number of amides is 1. The van der Waals surface area contributed by atoms with Gasteiger partial charge in [-0.25, -0.2) is 0 Å². The van der Waals surface area contributed by atoms with E-state index in [0.29, 0.717) is 23.3 Å². The zero-order valence-corrected chi connectivity index (χ0v) is 17.3. The first-order chi connectivity index (χ1) is 14.1. The van der Waals surface area contributed by atoms with E-state index in [1.165, 1.54) is 49.7 Å². The molecular formula is C26H31NO2. The quantitative estimate of drug-likeness (QED) is 0.743. The van der Waals surface area contributed by atoms with Gasteiger partial charge in [0.2, 0.25) is 0 Å². The molecule has 3 heteroatoms. The molecule has 2 aromatic carbocycles. The van der Waals surface area contributed by atoms with Gasteiger partial charge in [-0.3, -0.25) is 4.79 Å². The molecule has 4 aliphatic rings. The van der Waals surface area contributed by atoms with E-state index in [2.05, 4.69) is 29.6 Å². The van der Waals surface area contributed by atoms with Gasteiger partial charge in [0.15, 0.2) is 0 Å². The van der Waals surface area contributed by atoms with Crippen LogP contribution in [0, 0.1) is 17.8 Å². The lowest BCUT2D eigenvalue weighted by atomic mass is 9.48. The van der Waals surface area contributed by atoms with E-state index < -0.39 is 0 Å². The van der Waals surface area contributed by atoms with Crippen molar-refractivity contribution in [2.45, 2.75) is 50.4 Å². The first-order valence-corrected chi connectivity index (χ1v) is 11.2. The molecular weight excluding hydrogens is 358 g/mol. The summed E-state index contributed by atoms with van der Waals surface area (Å²) in [6.07, 6.45) is 9.05. The van der Waals surface area contributed by atoms with Crippen LogP contribution in [0.1, 0.15) is 60.0 Å². The molecule has 0 aliphatic heterocycles. The second kappa shape index (κ2) is 7.51. The molecule has 4 saturated carbocycles. The van der Waals surface area contributed by atoms with Crippen molar-refractivity contribution in [1.82, 2.24) is 5.32 Å². The zero-order valence-electron chi connectivity index (χ0n) is 17.3. The minimum absolute atomic E-state index is 0.0237. The van der Waals surface area contributed by atoms with Gasteiger partial charge in [-0.05, 0) is 91.4 Å². The van der Waals surface area contributed by atoms with Gasteiger partial charge < -0.3 is 10.1 Å². The summed E-state index contributed by atoms with van der Waals surface area (Å²) in [5.41, 5.74) is 3.58. The van der Waals surface area contributed by atoms with Crippen LogP contribution in [0.15, 0.2) is 48.5 Å². The van der Waals surface area contributed by atoms with Crippen LogP contribution in [0.3, 0.4) is 0 Å². The Labute approximate surface area is 173 Å². The Balaban J connectivity index is 1.35. The minimum atomic E-state index is -0.0237. The lowest BCUT2D eigenvalue weighted by molar-refractivity contribution is -0.00522. The average molecular weight is 390 g/mol. The molecule has 0 atom stereocenters. The number of hydrogen-bond donors (Lipinski definition) is 1. The van der Waals surface area contributed by atoms with E-state index in [0.717, 1.165) is 24.2 Å². The van der Waals surface area contributed by atoms with Gasteiger partial charge in [0.1, 0.15) is 5.75 Å². The Bertz CT molecular complexity index is 854. The van der Waals surface area contributed by atoms with Crippen molar-refractivity contribution in [2.75, 3.05) is 13.7 Å². The summed E-state index contributed by atoms with van der Waals surface area (Å²) in [5.74, 6) is 3.34. The monoisotopic (exact) mass is 389 g/mol. The largest absolute Gasteiger partial charge is 0.496 e. The Morgan fingerprint density at radius 3 is 2.28 bits per heavy atom. The highest BCUT2D eigenvalue weighted by atomic mass is 16.5. The molecule has 0 radical (unpaired) electrons. The van der Waals surface area contributed by atoms with E-state index in [1.54, 1.807) is 7.11 Å². The molecule has 4 fully saturated rings. The molecule has 0 heterocycles. The van der Waals surface area contributed by atoms with Crippen LogP contribution in [0.5, 0.6) is 5.75 Å². The highest BCUT2D eigenvalue weighted by Gasteiger charge is 2.51. The lowest BCUT2D eigenvalue weighted by Gasteiger charge is -2.57. The molecule has 4 aliphatic carbocycles. The second-order valence-electron chi connectivity index (χ2n) is 9.60. The number of hydrogen-bond acceptors (Lipinski definition) is 2. The normalized spacial score (nSPS) is 29.6. The molecule has 29 heavy (non-hydrogen) atoms. The van der Waals surface area contributed by atoms with Crippen LogP contribution in [0.2, 0.25) is 0 Å². The van der Waals surface area contributed by atoms with E-state index in [9.17, 15) is 4.79 Å². The highest BCUT2D eigenvalue weighted by molar-refractivity contribution is 5.97. The maximum absolute atomic E-state index is 13.0. The van der Waals surface area contributed by atoms with E-state index in [4.69, 9.17) is 4.74 Å². The van der Waals surface area contributed by atoms with Crippen molar-refractivity contribution in [3.05, 3.63) is 65.2 Å². The maximum atomic E-state index is 13.0. The molecule has 1 amide bonds. The summed E-state index contributed by atoms with van der Waals surface area (Å²) in [6, 6.07) is 16.7. The third-order valence-corrected chi connectivity index (χ3v) is 7.64. The Morgan fingerprint density at radius 2 is 1.66 bits per heavy atom. The third-order valence-electron chi connectivity index (χ3n) is 7.64. The van der Waals surface area contributed by atoms with Crippen LogP contribution in [-0.2, 0) is 11.8 Å². The van der Waals surface area contributed by atoms with Gasteiger partial charge in [0, 0.05) is 6.54 Å². The van der Waals surface area contributed by atoms with Gasteiger partial charge in [-0.1, -0.05) is 36.4 Å². The van der Waals surface area contributed by atoms with Gasteiger partial charge in [-0.15, -0.1) is 0 Å². The number of methoxy groups -OCH3 is 1. The standard InChI is InChI=1S/C26H31NO2/c1-29-24-8-7-22(26-15-19-11-20(16-26)13-21(12-19)17-26)14-23(24)25(28)27-10-9-18-5-3-2-4-6-18/h2-8,14,19-21H,9-13,15-17H2,1H3,(H,27,28). The smallest absolute Gasteiger partial charge is 0.255 e. The first-order valence-electron chi connectivity index (χ1n) is 11.2. The predicted octanol–water partition coefficient (Wildman–Crippen LogP) is 5.14. The number of ether oxygens (including phenoxy) is 1. The molecule has 0 spiro atoms. The Kier molecular flexibility index (Phi) is 4.85. The first kappa shape index (κ1) is 18.7. The maximum Gasteiger partial charge on any atom is 0.255 e. The summed E-state index contributed by atoms with van der Waals surface area (Å²) in [4.78, 5) is 13.0. The molecule has 1 N–H and O–H groups in total. The summed E-state index contributed by atoms with van der Waals surface area (Å²) in [6.45, 7) is 0.633. The fraction of sp³-hybridized carbons (Fsp3) is 0.500. The van der Waals surface area contributed by atoms with Gasteiger partial charge in [0.05, 0.1) is 12.7 Å². The van der Waals surface area contributed by atoms with E-state index in [-0.39, 0.29) is 5.91 Å². The zero-order chi connectivity index (χ0) is 19.8. The second-order valence-corrected chi connectivity index (χ2v) is 9.60. The summed E-state index contributed by atoms with van der Waals surface area (Å²) in [5, 5.41) is 3.10. The number of carbonyl (C=O) groups is 1.